The predicted molar refractivity (Wildman–Crippen MR) is 45.5 cm³/mol. The lowest BCUT2D eigenvalue weighted by molar-refractivity contribution is 1.12. The van der Waals surface area contributed by atoms with Crippen molar-refractivity contribution in [3.63, 3.8) is 0 Å². The first-order chi connectivity index (χ1) is 5.83. The lowest BCUT2D eigenvalue weighted by atomic mass is 10.1. The molecule has 1 N–H and O–H groups in total. The molecule has 3 heteroatoms. The fourth-order valence-electron chi connectivity index (χ4n) is 1.27. The van der Waals surface area contributed by atoms with E-state index in [4.69, 9.17) is 5.26 Å². The summed E-state index contributed by atoms with van der Waals surface area (Å²) < 4.78 is 0. The molecule has 0 unspecified atom stereocenters. The van der Waals surface area contributed by atoms with Gasteiger partial charge in [0.25, 0.3) is 0 Å². The van der Waals surface area contributed by atoms with Crippen molar-refractivity contribution in [1.82, 2.24) is 10.2 Å². The van der Waals surface area contributed by atoms with Gasteiger partial charge in [-0.1, -0.05) is 6.07 Å². The third kappa shape index (κ3) is 0.785. The number of nitrogens with one attached hydrogen (secondary N) is 1. The number of nitrogens with zero attached hydrogens (tertiary/aromatic N) is 2. The van der Waals surface area contributed by atoms with E-state index in [0.717, 1.165) is 16.5 Å². The molecule has 0 bridgehead atoms. The van der Waals surface area contributed by atoms with Crippen LogP contribution in [0.1, 0.15) is 11.1 Å². The highest BCUT2D eigenvalue weighted by molar-refractivity contribution is 5.85. The van der Waals surface area contributed by atoms with Gasteiger partial charge < -0.3 is 0 Å². The first-order valence-electron chi connectivity index (χ1n) is 3.65. The summed E-state index contributed by atoms with van der Waals surface area (Å²) in [5.74, 6) is 0. The average molecular weight is 157 g/mol. The molecule has 1 aromatic heterocycles. The molecule has 0 saturated carbocycles. The Kier molecular flexibility index (Phi) is 1.34. The van der Waals surface area contributed by atoms with Gasteiger partial charge in [-0.15, -0.1) is 0 Å². The van der Waals surface area contributed by atoms with E-state index >= 15 is 0 Å². The summed E-state index contributed by atoms with van der Waals surface area (Å²) in [7, 11) is 0. The number of fused-ring (bicyclic) bond motifs is 1. The molecule has 12 heavy (non-hydrogen) atoms. The first kappa shape index (κ1) is 6.86. The van der Waals surface area contributed by atoms with E-state index < -0.39 is 0 Å². The molecule has 0 atom stereocenters. The Labute approximate surface area is 69.6 Å². The zero-order valence-corrected chi connectivity index (χ0v) is 6.63. The van der Waals surface area contributed by atoms with Crippen molar-refractivity contribution < 1.29 is 0 Å². The number of nitriles is 1. The van der Waals surface area contributed by atoms with E-state index in [9.17, 15) is 0 Å². The van der Waals surface area contributed by atoms with Crippen LogP contribution in [0.3, 0.4) is 0 Å². The molecule has 0 aliphatic rings. The second kappa shape index (κ2) is 2.35. The molecular weight excluding hydrogens is 150 g/mol. The SMILES string of the molecule is Cc1ccc2[nH]ncc2c1C#N. The molecule has 0 spiro atoms. The molecule has 0 radical (unpaired) electrons. The molecule has 0 amide bonds. The summed E-state index contributed by atoms with van der Waals surface area (Å²) in [6.45, 7) is 1.92. The number of H-pyrrole nitrogens is 1. The molecule has 0 aliphatic carbocycles. The average Bonchev–Trinajstić information content (AvgIpc) is 2.52. The Bertz CT molecular complexity index is 462. The lowest BCUT2D eigenvalue weighted by Gasteiger charge is -1.96. The van der Waals surface area contributed by atoms with E-state index in [1.807, 2.05) is 19.1 Å². The molecule has 0 fully saturated rings. The first-order valence-corrected chi connectivity index (χ1v) is 3.65. The minimum absolute atomic E-state index is 0.709. The summed E-state index contributed by atoms with van der Waals surface area (Å²) in [5.41, 5.74) is 2.62. The second-order valence-corrected chi connectivity index (χ2v) is 2.70. The molecule has 3 nitrogen and oxygen atoms in total. The van der Waals surface area contributed by atoms with E-state index in [1.54, 1.807) is 6.20 Å². The third-order valence-electron chi connectivity index (χ3n) is 1.94. The lowest BCUT2D eigenvalue weighted by Crippen LogP contribution is -1.81. The van der Waals surface area contributed by atoms with Gasteiger partial charge in [-0.2, -0.15) is 10.4 Å². The van der Waals surface area contributed by atoms with E-state index in [1.165, 1.54) is 0 Å². The van der Waals surface area contributed by atoms with Crippen molar-refractivity contribution in [3.8, 4) is 6.07 Å². The van der Waals surface area contributed by atoms with Crippen molar-refractivity contribution in [1.29, 1.82) is 5.26 Å². The van der Waals surface area contributed by atoms with Crippen LogP contribution < -0.4 is 0 Å². The van der Waals surface area contributed by atoms with Crippen molar-refractivity contribution in [2.45, 2.75) is 6.92 Å². The maximum Gasteiger partial charge on any atom is 0.100 e. The highest BCUT2D eigenvalue weighted by Crippen LogP contribution is 2.18. The van der Waals surface area contributed by atoms with Gasteiger partial charge in [0.2, 0.25) is 0 Å². The molecule has 0 aliphatic heterocycles. The second-order valence-electron chi connectivity index (χ2n) is 2.70. The molecule has 58 valence electrons. The molecule has 2 rings (SSSR count). The van der Waals surface area contributed by atoms with E-state index in [-0.39, 0.29) is 0 Å². The molecule has 2 aromatic rings. The Balaban J connectivity index is 2.94. The normalized spacial score (nSPS) is 10.0. The number of rotatable bonds is 0. The van der Waals surface area contributed by atoms with Gasteiger partial charge in [-0.05, 0) is 18.6 Å². The molecular formula is C9H7N3. The molecule has 1 aromatic carbocycles. The van der Waals surface area contributed by atoms with Crippen molar-refractivity contribution in [2.75, 3.05) is 0 Å². The minimum Gasteiger partial charge on any atom is -0.278 e. The standard InChI is InChI=1S/C9H7N3/c1-6-2-3-9-8(5-11-12-9)7(6)4-10/h2-3,5H,1H3,(H,11,12). The summed E-state index contributed by atoms with van der Waals surface area (Å²) in [6, 6.07) is 6.01. The largest absolute Gasteiger partial charge is 0.278 e. The number of hydrogen-bond donors (Lipinski definition) is 1. The number of aromatic nitrogens is 2. The number of benzene rings is 1. The zero-order chi connectivity index (χ0) is 8.55. The minimum atomic E-state index is 0.709. The van der Waals surface area contributed by atoms with Gasteiger partial charge in [0.1, 0.15) is 6.07 Å². The smallest absolute Gasteiger partial charge is 0.100 e. The Hall–Kier alpha value is -1.82. The third-order valence-corrected chi connectivity index (χ3v) is 1.94. The van der Waals surface area contributed by atoms with Crippen LogP contribution in [-0.2, 0) is 0 Å². The van der Waals surface area contributed by atoms with Crippen LogP contribution in [0.2, 0.25) is 0 Å². The monoisotopic (exact) mass is 157 g/mol. The summed E-state index contributed by atoms with van der Waals surface area (Å²) >= 11 is 0. The van der Waals surface area contributed by atoms with Crippen LogP contribution in [-0.4, -0.2) is 10.2 Å². The summed E-state index contributed by atoms with van der Waals surface area (Å²) in [6.07, 6.45) is 1.68. The quantitative estimate of drug-likeness (QED) is 0.633. The van der Waals surface area contributed by atoms with Gasteiger partial charge in [0, 0.05) is 5.39 Å². The maximum atomic E-state index is 8.84. The number of aromatic amines is 1. The Morgan fingerprint density at radius 2 is 2.33 bits per heavy atom. The van der Waals surface area contributed by atoms with Crippen molar-refractivity contribution in [3.05, 3.63) is 29.5 Å². The number of aryl methyl sites for hydroxylation is 1. The summed E-state index contributed by atoms with van der Waals surface area (Å²) in [4.78, 5) is 0. The predicted octanol–water partition coefficient (Wildman–Crippen LogP) is 1.74. The van der Waals surface area contributed by atoms with Crippen LogP contribution in [0.25, 0.3) is 10.9 Å². The highest BCUT2D eigenvalue weighted by Gasteiger charge is 2.04. The van der Waals surface area contributed by atoms with Crippen molar-refractivity contribution >= 4 is 10.9 Å². The van der Waals surface area contributed by atoms with Gasteiger partial charge in [0.05, 0.1) is 17.3 Å². The maximum absolute atomic E-state index is 8.84. The topological polar surface area (TPSA) is 52.5 Å². The van der Waals surface area contributed by atoms with Gasteiger partial charge in [-0.3, -0.25) is 5.10 Å². The van der Waals surface area contributed by atoms with Crippen LogP contribution >= 0.6 is 0 Å². The van der Waals surface area contributed by atoms with Crippen LogP contribution in [0.5, 0.6) is 0 Å². The van der Waals surface area contributed by atoms with Crippen LogP contribution in [0.4, 0.5) is 0 Å². The van der Waals surface area contributed by atoms with Gasteiger partial charge >= 0.3 is 0 Å². The Morgan fingerprint density at radius 3 is 3.08 bits per heavy atom. The van der Waals surface area contributed by atoms with Gasteiger partial charge in [0.15, 0.2) is 0 Å². The number of hydrogen-bond acceptors (Lipinski definition) is 2. The fourth-order valence-corrected chi connectivity index (χ4v) is 1.27. The summed E-state index contributed by atoms with van der Waals surface area (Å²) in [5, 5.41) is 16.4. The zero-order valence-electron chi connectivity index (χ0n) is 6.63. The Morgan fingerprint density at radius 1 is 1.50 bits per heavy atom. The highest BCUT2D eigenvalue weighted by atomic mass is 15.1. The van der Waals surface area contributed by atoms with Crippen LogP contribution in [0.15, 0.2) is 18.3 Å². The molecule has 0 saturated heterocycles. The van der Waals surface area contributed by atoms with E-state index in [0.29, 0.717) is 5.56 Å². The van der Waals surface area contributed by atoms with E-state index in [2.05, 4.69) is 16.3 Å². The van der Waals surface area contributed by atoms with Crippen LogP contribution in [0, 0.1) is 18.3 Å². The fraction of sp³-hybridized carbons (Fsp3) is 0.111. The molecule has 1 heterocycles. The van der Waals surface area contributed by atoms with Gasteiger partial charge in [-0.25, -0.2) is 0 Å². The van der Waals surface area contributed by atoms with Crippen molar-refractivity contribution in [2.24, 2.45) is 0 Å².